The largest absolute Gasteiger partial charge is 0.487 e. The molecule has 0 aliphatic rings. The number of ether oxygens (including phenoxy) is 1. The summed E-state index contributed by atoms with van der Waals surface area (Å²) in [6.45, 7) is 1.49. The number of hydrogen-bond donors (Lipinski definition) is 1. The van der Waals surface area contributed by atoms with Gasteiger partial charge in [0.25, 0.3) is 5.56 Å². The number of aromatic amines is 1. The molecule has 0 saturated heterocycles. The Bertz CT molecular complexity index is 1140. The van der Waals surface area contributed by atoms with Crippen molar-refractivity contribution in [1.82, 2.24) is 15.0 Å². The SMILES string of the molecule is Cc1[nH]c(=O)c(Br)c(OCc2ccc(F)cc2F)c1Cc1ccnc(C#N)n1. The van der Waals surface area contributed by atoms with E-state index in [-0.39, 0.29) is 34.6 Å². The third-order valence-corrected chi connectivity index (χ3v) is 4.70. The van der Waals surface area contributed by atoms with Crippen LogP contribution in [0.2, 0.25) is 0 Å². The van der Waals surface area contributed by atoms with Crippen molar-refractivity contribution >= 4 is 15.9 Å². The molecule has 3 rings (SSSR count). The lowest BCUT2D eigenvalue weighted by Gasteiger charge is -2.15. The van der Waals surface area contributed by atoms with Crippen LogP contribution in [-0.2, 0) is 13.0 Å². The minimum Gasteiger partial charge on any atom is -0.487 e. The highest BCUT2D eigenvalue weighted by molar-refractivity contribution is 9.10. The Hall–Kier alpha value is -3.12. The van der Waals surface area contributed by atoms with Crippen molar-refractivity contribution < 1.29 is 13.5 Å². The zero-order valence-electron chi connectivity index (χ0n) is 14.6. The van der Waals surface area contributed by atoms with Crippen molar-refractivity contribution in [2.45, 2.75) is 20.0 Å². The van der Waals surface area contributed by atoms with E-state index in [1.54, 1.807) is 13.0 Å². The van der Waals surface area contributed by atoms with E-state index >= 15 is 0 Å². The van der Waals surface area contributed by atoms with Crippen LogP contribution in [0.5, 0.6) is 5.75 Å². The lowest BCUT2D eigenvalue weighted by atomic mass is 10.1. The van der Waals surface area contributed by atoms with Gasteiger partial charge in [-0.25, -0.2) is 18.7 Å². The monoisotopic (exact) mass is 446 g/mol. The number of nitrogens with zero attached hydrogens (tertiary/aromatic N) is 3. The van der Waals surface area contributed by atoms with Crippen LogP contribution in [0.25, 0.3) is 0 Å². The van der Waals surface area contributed by atoms with Crippen LogP contribution in [0.3, 0.4) is 0 Å². The zero-order valence-corrected chi connectivity index (χ0v) is 16.2. The van der Waals surface area contributed by atoms with Gasteiger partial charge in [-0.2, -0.15) is 5.26 Å². The minimum absolute atomic E-state index is 0.0227. The Morgan fingerprint density at radius 2 is 2.11 bits per heavy atom. The highest BCUT2D eigenvalue weighted by Crippen LogP contribution is 2.30. The third-order valence-electron chi connectivity index (χ3n) is 3.98. The number of nitrogens with one attached hydrogen (secondary N) is 1. The fraction of sp³-hybridized carbons (Fsp3) is 0.158. The number of aromatic nitrogens is 3. The van der Waals surface area contributed by atoms with Crippen LogP contribution in [0.15, 0.2) is 39.7 Å². The van der Waals surface area contributed by atoms with E-state index in [1.807, 2.05) is 6.07 Å². The first kappa shape index (κ1) is 19.6. The first-order valence-electron chi connectivity index (χ1n) is 8.09. The van der Waals surface area contributed by atoms with Gasteiger partial charge >= 0.3 is 0 Å². The molecule has 0 bridgehead atoms. The molecule has 0 amide bonds. The normalized spacial score (nSPS) is 10.5. The van der Waals surface area contributed by atoms with Crippen LogP contribution in [0, 0.1) is 29.9 Å². The maximum absolute atomic E-state index is 13.9. The molecule has 0 atom stereocenters. The molecular formula is C19H13BrF2N4O2. The molecule has 0 fully saturated rings. The number of benzene rings is 1. The Kier molecular flexibility index (Phi) is 5.80. The summed E-state index contributed by atoms with van der Waals surface area (Å²) in [7, 11) is 0. The van der Waals surface area contributed by atoms with Gasteiger partial charge in [-0.05, 0) is 41.1 Å². The molecule has 9 heteroatoms. The minimum atomic E-state index is -0.742. The van der Waals surface area contributed by atoms with Gasteiger partial charge in [0.2, 0.25) is 5.82 Å². The first-order chi connectivity index (χ1) is 13.4. The lowest BCUT2D eigenvalue weighted by Crippen LogP contribution is -2.15. The summed E-state index contributed by atoms with van der Waals surface area (Å²) in [6, 6.07) is 6.68. The molecule has 1 N–H and O–H groups in total. The predicted octanol–water partition coefficient (Wildman–Crippen LogP) is 3.56. The first-order valence-corrected chi connectivity index (χ1v) is 8.88. The third kappa shape index (κ3) is 4.23. The summed E-state index contributed by atoms with van der Waals surface area (Å²) in [4.78, 5) is 22.8. The molecule has 3 aromatic rings. The number of halogens is 3. The summed E-state index contributed by atoms with van der Waals surface area (Å²) in [5.74, 6) is -1.18. The van der Waals surface area contributed by atoms with Gasteiger partial charge in [-0.3, -0.25) is 4.79 Å². The second kappa shape index (κ2) is 8.27. The number of rotatable bonds is 5. The maximum Gasteiger partial charge on any atom is 0.266 e. The van der Waals surface area contributed by atoms with E-state index in [0.717, 1.165) is 12.1 Å². The van der Waals surface area contributed by atoms with Crippen LogP contribution in [0.4, 0.5) is 8.78 Å². The summed E-state index contributed by atoms with van der Waals surface area (Å²) < 4.78 is 32.8. The number of nitriles is 1. The van der Waals surface area contributed by atoms with E-state index in [9.17, 15) is 13.6 Å². The molecule has 0 aliphatic heterocycles. The lowest BCUT2D eigenvalue weighted by molar-refractivity contribution is 0.293. The molecule has 0 unspecified atom stereocenters. The number of pyridine rings is 1. The van der Waals surface area contributed by atoms with E-state index in [1.165, 1.54) is 12.3 Å². The molecular weight excluding hydrogens is 434 g/mol. The topological polar surface area (TPSA) is 91.7 Å². The number of H-pyrrole nitrogens is 1. The van der Waals surface area contributed by atoms with Crippen molar-refractivity contribution in [2.75, 3.05) is 0 Å². The second-order valence-electron chi connectivity index (χ2n) is 5.89. The molecule has 0 radical (unpaired) electrons. The molecule has 142 valence electrons. The second-order valence-corrected chi connectivity index (χ2v) is 6.68. The van der Waals surface area contributed by atoms with Gasteiger partial charge in [0.1, 0.15) is 34.5 Å². The summed E-state index contributed by atoms with van der Waals surface area (Å²) >= 11 is 3.20. The predicted molar refractivity (Wildman–Crippen MR) is 99.7 cm³/mol. The molecule has 6 nitrogen and oxygen atoms in total. The van der Waals surface area contributed by atoms with Gasteiger partial charge in [-0.15, -0.1) is 0 Å². The standard InChI is InChI=1S/C19H13BrF2N4O2/c1-10-14(7-13-4-5-24-16(8-23)26-13)18(17(20)19(27)25-10)28-9-11-2-3-12(21)6-15(11)22/h2-6H,7,9H2,1H3,(H,25,27). The average molecular weight is 447 g/mol. The average Bonchev–Trinajstić information content (AvgIpc) is 2.67. The Balaban J connectivity index is 1.97. The molecule has 0 aliphatic carbocycles. The fourth-order valence-electron chi connectivity index (χ4n) is 2.59. The van der Waals surface area contributed by atoms with Crippen LogP contribution >= 0.6 is 15.9 Å². The summed E-state index contributed by atoms with van der Waals surface area (Å²) in [5, 5.41) is 8.96. The number of hydrogen-bond acceptors (Lipinski definition) is 5. The van der Waals surface area contributed by atoms with E-state index in [2.05, 4.69) is 30.9 Å². The van der Waals surface area contributed by atoms with Crippen molar-refractivity contribution in [2.24, 2.45) is 0 Å². The fourth-order valence-corrected chi connectivity index (χ4v) is 3.04. The van der Waals surface area contributed by atoms with Crippen molar-refractivity contribution in [3.8, 4) is 11.8 Å². The van der Waals surface area contributed by atoms with Crippen molar-refractivity contribution in [3.63, 3.8) is 0 Å². The van der Waals surface area contributed by atoms with Gasteiger partial charge in [0.05, 0.1) is 0 Å². The molecule has 1 aromatic carbocycles. The van der Waals surface area contributed by atoms with E-state index in [0.29, 0.717) is 17.0 Å². The van der Waals surface area contributed by atoms with Gasteiger partial charge < -0.3 is 9.72 Å². The Labute approximate surface area is 167 Å². The van der Waals surface area contributed by atoms with Crippen molar-refractivity contribution in [3.05, 3.63) is 85.3 Å². The number of aryl methyl sites for hydroxylation is 1. The maximum atomic E-state index is 13.9. The molecule has 0 spiro atoms. The molecule has 2 heterocycles. The highest BCUT2D eigenvalue weighted by Gasteiger charge is 2.18. The Morgan fingerprint density at radius 1 is 1.32 bits per heavy atom. The van der Waals surface area contributed by atoms with E-state index < -0.39 is 17.2 Å². The quantitative estimate of drug-likeness (QED) is 0.646. The van der Waals surface area contributed by atoms with Crippen LogP contribution in [-0.4, -0.2) is 15.0 Å². The van der Waals surface area contributed by atoms with Gasteiger partial charge in [-0.1, -0.05) is 0 Å². The smallest absolute Gasteiger partial charge is 0.266 e. The van der Waals surface area contributed by atoms with Gasteiger partial charge in [0.15, 0.2) is 0 Å². The van der Waals surface area contributed by atoms with Gasteiger partial charge in [0, 0.05) is 41.2 Å². The molecule has 28 heavy (non-hydrogen) atoms. The van der Waals surface area contributed by atoms with Crippen LogP contribution in [0.1, 0.15) is 28.3 Å². The van der Waals surface area contributed by atoms with E-state index in [4.69, 9.17) is 10.00 Å². The molecule has 0 saturated carbocycles. The highest BCUT2D eigenvalue weighted by atomic mass is 79.9. The van der Waals surface area contributed by atoms with Crippen LogP contribution < -0.4 is 10.3 Å². The zero-order chi connectivity index (χ0) is 20.3. The Morgan fingerprint density at radius 3 is 2.82 bits per heavy atom. The summed E-state index contributed by atoms with van der Waals surface area (Å²) in [5.41, 5.74) is 1.44. The molecule has 2 aromatic heterocycles. The summed E-state index contributed by atoms with van der Waals surface area (Å²) in [6.07, 6.45) is 1.71. The van der Waals surface area contributed by atoms with Crippen molar-refractivity contribution in [1.29, 1.82) is 5.26 Å².